The summed E-state index contributed by atoms with van der Waals surface area (Å²) in [5.41, 5.74) is -0.430. The number of nitrogens with one attached hydrogen (secondary N) is 1. The maximum absolute atomic E-state index is 12.2. The SMILES string of the molecule is CCC(C)(CCO)NC(=O)C(C)Oc1ccc(Cl)cc1Br. The number of carbonyl (C=O) groups excluding carboxylic acids is 1. The molecule has 0 radical (unpaired) electrons. The number of hydrogen-bond donors (Lipinski definition) is 2. The van der Waals surface area contributed by atoms with E-state index in [1.54, 1.807) is 25.1 Å². The normalized spacial score (nSPS) is 15.1. The van der Waals surface area contributed by atoms with Crippen LogP contribution in [0.2, 0.25) is 5.02 Å². The summed E-state index contributed by atoms with van der Waals surface area (Å²) in [5.74, 6) is 0.344. The Balaban J connectivity index is 2.70. The predicted octanol–water partition coefficient (Wildman–Crippen LogP) is 3.54. The molecule has 0 spiro atoms. The van der Waals surface area contributed by atoms with Crippen molar-refractivity contribution in [1.29, 1.82) is 0 Å². The minimum Gasteiger partial charge on any atom is -0.480 e. The lowest BCUT2D eigenvalue weighted by atomic mass is 9.94. The number of carbonyl (C=O) groups is 1. The fourth-order valence-corrected chi connectivity index (χ4v) is 2.56. The Kier molecular flexibility index (Phi) is 6.97. The lowest BCUT2D eigenvalue weighted by molar-refractivity contribution is -0.129. The molecule has 0 saturated carbocycles. The zero-order valence-electron chi connectivity index (χ0n) is 12.5. The molecule has 1 rings (SSSR count). The molecular weight excluding hydrogens is 358 g/mol. The summed E-state index contributed by atoms with van der Waals surface area (Å²) in [4.78, 5) is 12.2. The quantitative estimate of drug-likeness (QED) is 0.763. The molecule has 0 aliphatic carbocycles. The first kappa shape index (κ1) is 18.3. The van der Waals surface area contributed by atoms with E-state index in [-0.39, 0.29) is 12.5 Å². The van der Waals surface area contributed by atoms with Gasteiger partial charge in [-0.25, -0.2) is 0 Å². The highest BCUT2D eigenvalue weighted by atomic mass is 79.9. The van der Waals surface area contributed by atoms with Crippen molar-refractivity contribution >= 4 is 33.4 Å². The summed E-state index contributed by atoms with van der Waals surface area (Å²) in [5, 5.41) is 12.6. The number of ether oxygens (including phenoxy) is 1. The first-order valence-corrected chi connectivity index (χ1v) is 8.03. The van der Waals surface area contributed by atoms with Gasteiger partial charge in [0.1, 0.15) is 5.75 Å². The van der Waals surface area contributed by atoms with E-state index in [2.05, 4.69) is 21.2 Å². The van der Waals surface area contributed by atoms with E-state index in [9.17, 15) is 4.79 Å². The predicted molar refractivity (Wildman–Crippen MR) is 87.8 cm³/mol. The maximum Gasteiger partial charge on any atom is 0.261 e. The molecule has 0 aromatic heterocycles. The van der Waals surface area contributed by atoms with Crippen molar-refractivity contribution in [2.24, 2.45) is 0 Å². The third-order valence-corrected chi connectivity index (χ3v) is 4.29. The molecule has 0 heterocycles. The highest BCUT2D eigenvalue weighted by Gasteiger charge is 2.27. The van der Waals surface area contributed by atoms with Crippen LogP contribution in [-0.4, -0.2) is 29.3 Å². The first-order valence-electron chi connectivity index (χ1n) is 6.86. The smallest absolute Gasteiger partial charge is 0.261 e. The third-order valence-electron chi connectivity index (χ3n) is 3.44. The lowest BCUT2D eigenvalue weighted by Gasteiger charge is -2.30. The van der Waals surface area contributed by atoms with E-state index >= 15 is 0 Å². The van der Waals surface area contributed by atoms with Crippen molar-refractivity contribution in [3.05, 3.63) is 27.7 Å². The van der Waals surface area contributed by atoms with E-state index in [0.717, 1.165) is 6.42 Å². The number of aliphatic hydroxyl groups excluding tert-OH is 1. The highest BCUT2D eigenvalue weighted by Crippen LogP contribution is 2.28. The van der Waals surface area contributed by atoms with Crippen LogP contribution < -0.4 is 10.1 Å². The molecule has 0 fully saturated rings. The fourth-order valence-electron chi connectivity index (χ4n) is 1.79. The Bertz CT molecular complexity index is 498. The largest absolute Gasteiger partial charge is 0.480 e. The van der Waals surface area contributed by atoms with Gasteiger partial charge in [0.25, 0.3) is 5.91 Å². The third kappa shape index (κ3) is 5.49. The summed E-state index contributed by atoms with van der Waals surface area (Å²) < 4.78 is 6.35. The Morgan fingerprint density at radius 1 is 1.57 bits per heavy atom. The minimum absolute atomic E-state index is 0.0303. The summed E-state index contributed by atoms with van der Waals surface area (Å²) in [6, 6.07) is 5.13. The molecule has 2 atom stereocenters. The van der Waals surface area contributed by atoms with Crippen LogP contribution in [0, 0.1) is 0 Å². The summed E-state index contributed by atoms with van der Waals surface area (Å²) in [6.07, 6.45) is 0.593. The van der Waals surface area contributed by atoms with Crippen molar-refractivity contribution in [3.8, 4) is 5.75 Å². The molecule has 0 saturated heterocycles. The highest BCUT2D eigenvalue weighted by molar-refractivity contribution is 9.10. The van der Waals surface area contributed by atoms with Gasteiger partial charge in [-0.05, 0) is 60.8 Å². The molecule has 2 unspecified atom stereocenters. The van der Waals surface area contributed by atoms with Crippen LogP contribution in [0.25, 0.3) is 0 Å². The molecule has 0 bridgehead atoms. The van der Waals surface area contributed by atoms with Crippen LogP contribution in [0.4, 0.5) is 0 Å². The topological polar surface area (TPSA) is 58.6 Å². The number of amides is 1. The number of rotatable bonds is 7. The first-order chi connectivity index (χ1) is 9.81. The average Bonchev–Trinajstić information content (AvgIpc) is 2.42. The number of benzene rings is 1. The molecule has 2 N–H and O–H groups in total. The van der Waals surface area contributed by atoms with Crippen molar-refractivity contribution in [3.63, 3.8) is 0 Å². The maximum atomic E-state index is 12.2. The summed E-state index contributed by atoms with van der Waals surface area (Å²) >= 11 is 9.22. The molecule has 4 nitrogen and oxygen atoms in total. The van der Waals surface area contributed by atoms with Crippen LogP contribution in [0.1, 0.15) is 33.6 Å². The van der Waals surface area contributed by atoms with E-state index in [0.29, 0.717) is 21.7 Å². The summed E-state index contributed by atoms with van der Waals surface area (Å²) in [7, 11) is 0. The molecule has 0 aliphatic rings. The van der Waals surface area contributed by atoms with Crippen LogP contribution in [0.5, 0.6) is 5.75 Å². The van der Waals surface area contributed by atoms with Gasteiger partial charge >= 0.3 is 0 Å². The number of halogens is 2. The van der Waals surface area contributed by atoms with Gasteiger partial charge in [0, 0.05) is 17.2 Å². The van der Waals surface area contributed by atoms with Crippen molar-refractivity contribution in [1.82, 2.24) is 5.32 Å². The van der Waals surface area contributed by atoms with E-state index < -0.39 is 11.6 Å². The van der Waals surface area contributed by atoms with E-state index in [1.807, 2.05) is 13.8 Å². The van der Waals surface area contributed by atoms with Gasteiger partial charge in [-0.1, -0.05) is 18.5 Å². The van der Waals surface area contributed by atoms with Gasteiger partial charge in [-0.15, -0.1) is 0 Å². The second kappa shape index (κ2) is 8.01. The summed E-state index contributed by atoms with van der Waals surface area (Å²) in [6.45, 7) is 5.59. The molecule has 1 amide bonds. The molecule has 1 aromatic rings. The van der Waals surface area contributed by atoms with E-state index in [1.165, 1.54) is 0 Å². The van der Waals surface area contributed by atoms with Crippen LogP contribution in [0.15, 0.2) is 22.7 Å². The molecular formula is C15H21BrClNO3. The zero-order chi connectivity index (χ0) is 16.0. The number of aliphatic hydroxyl groups is 1. The van der Waals surface area contributed by atoms with Crippen LogP contribution in [0.3, 0.4) is 0 Å². The van der Waals surface area contributed by atoms with Crippen LogP contribution >= 0.6 is 27.5 Å². The monoisotopic (exact) mass is 377 g/mol. The van der Waals surface area contributed by atoms with Crippen molar-refractivity contribution in [2.75, 3.05) is 6.61 Å². The Morgan fingerprint density at radius 3 is 2.76 bits per heavy atom. The second-order valence-electron chi connectivity index (χ2n) is 5.21. The molecule has 6 heteroatoms. The second-order valence-corrected chi connectivity index (χ2v) is 6.50. The average molecular weight is 379 g/mol. The Hall–Kier alpha value is -0.780. The fraction of sp³-hybridized carbons (Fsp3) is 0.533. The van der Waals surface area contributed by atoms with Crippen LogP contribution in [-0.2, 0) is 4.79 Å². The van der Waals surface area contributed by atoms with Gasteiger partial charge in [0.15, 0.2) is 6.10 Å². The van der Waals surface area contributed by atoms with Crippen molar-refractivity contribution < 1.29 is 14.6 Å². The number of hydrogen-bond acceptors (Lipinski definition) is 3. The molecule has 21 heavy (non-hydrogen) atoms. The Labute approximate surface area is 139 Å². The van der Waals surface area contributed by atoms with Gasteiger partial charge in [0.05, 0.1) is 4.47 Å². The van der Waals surface area contributed by atoms with Gasteiger partial charge in [-0.2, -0.15) is 0 Å². The van der Waals surface area contributed by atoms with Crippen molar-refractivity contribution in [2.45, 2.75) is 45.3 Å². The zero-order valence-corrected chi connectivity index (χ0v) is 14.8. The Morgan fingerprint density at radius 2 is 2.24 bits per heavy atom. The molecule has 1 aromatic carbocycles. The standard InChI is InChI=1S/C15H21BrClNO3/c1-4-15(3,7-8-19)18-14(20)10(2)21-13-6-5-11(17)9-12(13)16/h5-6,9-10,19H,4,7-8H2,1-3H3,(H,18,20). The van der Waals surface area contributed by atoms with E-state index in [4.69, 9.17) is 21.4 Å². The van der Waals surface area contributed by atoms with Gasteiger partial charge in [0.2, 0.25) is 0 Å². The minimum atomic E-state index is -0.646. The van der Waals surface area contributed by atoms with Gasteiger partial charge < -0.3 is 15.2 Å². The molecule has 118 valence electrons. The van der Waals surface area contributed by atoms with Gasteiger partial charge in [-0.3, -0.25) is 4.79 Å². The lowest BCUT2D eigenvalue weighted by Crippen LogP contribution is -2.50. The molecule has 0 aliphatic heterocycles.